The smallest absolute Gasteiger partial charge is 0.256 e. The number of rotatable bonds is 2. The summed E-state index contributed by atoms with van der Waals surface area (Å²) in [5, 5.41) is 9.26. The molecule has 1 aromatic rings. The first-order valence-corrected chi connectivity index (χ1v) is 5.37. The summed E-state index contributed by atoms with van der Waals surface area (Å²) >= 11 is 0. The Morgan fingerprint density at radius 3 is 2.80 bits per heavy atom. The lowest BCUT2D eigenvalue weighted by atomic mass is 9.95. The number of nitrogens with zero attached hydrogens (tertiary/aromatic N) is 1. The largest absolute Gasteiger partial charge is 0.383 e. The normalized spacial score (nSPS) is 17.6. The van der Waals surface area contributed by atoms with Crippen LogP contribution in [0, 0.1) is 0 Å². The van der Waals surface area contributed by atoms with Crippen LogP contribution in [0.1, 0.15) is 42.5 Å². The summed E-state index contributed by atoms with van der Waals surface area (Å²) in [6, 6.07) is 0.306. The second kappa shape index (κ2) is 4.33. The van der Waals surface area contributed by atoms with Gasteiger partial charge in [-0.05, 0) is 12.8 Å². The Kier molecular flexibility index (Phi) is 2.89. The third-order valence-electron chi connectivity index (χ3n) is 2.85. The van der Waals surface area contributed by atoms with Crippen molar-refractivity contribution in [1.82, 2.24) is 15.5 Å². The molecule has 0 unspecified atom stereocenters. The molecule has 82 valence electrons. The Hall–Kier alpha value is -1.52. The van der Waals surface area contributed by atoms with Gasteiger partial charge in [-0.2, -0.15) is 5.10 Å². The first-order chi connectivity index (χ1) is 7.27. The summed E-state index contributed by atoms with van der Waals surface area (Å²) < 4.78 is 0. The predicted molar refractivity (Wildman–Crippen MR) is 57.3 cm³/mol. The summed E-state index contributed by atoms with van der Waals surface area (Å²) in [7, 11) is 0. The monoisotopic (exact) mass is 208 g/mol. The van der Waals surface area contributed by atoms with Crippen LogP contribution in [-0.2, 0) is 0 Å². The third kappa shape index (κ3) is 2.29. The number of carbonyl (C=O) groups excluding carboxylic acids is 1. The molecule has 1 fully saturated rings. The van der Waals surface area contributed by atoms with Crippen molar-refractivity contribution in [2.24, 2.45) is 0 Å². The number of nitrogens with one attached hydrogen (secondary N) is 2. The number of anilines is 1. The zero-order valence-corrected chi connectivity index (χ0v) is 8.62. The van der Waals surface area contributed by atoms with Gasteiger partial charge in [-0.3, -0.25) is 9.89 Å². The van der Waals surface area contributed by atoms with Gasteiger partial charge in [0.25, 0.3) is 5.91 Å². The number of hydrogen-bond acceptors (Lipinski definition) is 3. The van der Waals surface area contributed by atoms with Crippen LogP contribution in [0.15, 0.2) is 6.20 Å². The molecule has 5 nitrogen and oxygen atoms in total. The molecule has 0 saturated heterocycles. The van der Waals surface area contributed by atoms with E-state index in [2.05, 4.69) is 15.5 Å². The highest BCUT2D eigenvalue weighted by Crippen LogP contribution is 2.18. The van der Waals surface area contributed by atoms with Crippen molar-refractivity contribution in [3.8, 4) is 0 Å². The van der Waals surface area contributed by atoms with Crippen molar-refractivity contribution in [1.29, 1.82) is 0 Å². The number of aromatic amines is 1. The molecular weight excluding hydrogens is 192 g/mol. The van der Waals surface area contributed by atoms with Crippen LogP contribution in [0.2, 0.25) is 0 Å². The Morgan fingerprint density at radius 2 is 2.20 bits per heavy atom. The van der Waals surface area contributed by atoms with E-state index in [4.69, 9.17) is 5.73 Å². The van der Waals surface area contributed by atoms with Crippen LogP contribution in [-0.4, -0.2) is 22.1 Å². The van der Waals surface area contributed by atoms with Crippen molar-refractivity contribution in [2.45, 2.75) is 38.1 Å². The standard InChI is InChI=1S/C10H16N4O/c11-9-8(6-12-14-9)10(15)13-7-4-2-1-3-5-7/h6-7H,1-5H2,(H,13,15)(H3,11,12,14). The molecule has 0 aromatic carbocycles. The summed E-state index contributed by atoms with van der Waals surface area (Å²) in [5.41, 5.74) is 6.01. The number of hydrogen-bond donors (Lipinski definition) is 3. The maximum absolute atomic E-state index is 11.7. The van der Waals surface area contributed by atoms with E-state index in [1.165, 1.54) is 25.5 Å². The van der Waals surface area contributed by atoms with Crippen molar-refractivity contribution in [3.05, 3.63) is 11.8 Å². The Balaban J connectivity index is 1.94. The molecular formula is C10H16N4O. The molecule has 1 aliphatic rings. The molecule has 1 aliphatic carbocycles. The molecule has 0 atom stereocenters. The first-order valence-electron chi connectivity index (χ1n) is 5.37. The van der Waals surface area contributed by atoms with E-state index in [-0.39, 0.29) is 5.91 Å². The number of aromatic nitrogens is 2. The maximum atomic E-state index is 11.7. The van der Waals surface area contributed by atoms with Crippen LogP contribution >= 0.6 is 0 Å². The highest BCUT2D eigenvalue weighted by molar-refractivity contribution is 5.98. The van der Waals surface area contributed by atoms with E-state index in [0.717, 1.165) is 12.8 Å². The van der Waals surface area contributed by atoms with Crippen molar-refractivity contribution >= 4 is 11.7 Å². The number of carbonyl (C=O) groups is 1. The van der Waals surface area contributed by atoms with Crippen LogP contribution in [0.4, 0.5) is 5.82 Å². The molecule has 4 N–H and O–H groups in total. The Morgan fingerprint density at radius 1 is 1.47 bits per heavy atom. The van der Waals surface area contributed by atoms with Gasteiger partial charge in [0.15, 0.2) is 0 Å². The molecule has 5 heteroatoms. The molecule has 1 amide bonds. The zero-order chi connectivity index (χ0) is 10.7. The number of amides is 1. The highest BCUT2D eigenvalue weighted by Gasteiger charge is 2.18. The number of nitrogens with two attached hydrogens (primary N) is 1. The average molecular weight is 208 g/mol. The van der Waals surface area contributed by atoms with Crippen LogP contribution in [0.3, 0.4) is 0 Å². The van der Waals surface area contributed by atoms with Gasteiger partial charge in [-0.15, -0.1) is 0 Å². The molecule has 0 bridgehead atoms. The lowest BCUT2D eigenvalue weighted by molar-refractivity contribution is 0.0928. The first kappa shape index (κ1) is 10.0. The third-order valence-corrected chi connectivity index (χ3v) is 2.85. The van der Waals surface area contributed by atoms with E-state index >= 15 is 0 Å². The van der Waals surface area contributed by atoms with E-state index in [0.29, 0.717) is 17.4 Å². The minimum absolute atomic E-state index is 0.117. The van der Waals surface area contributed by atoms with Crippen LogP contribution in [0.5, 0.6) is 0 Å². The van der Waals surface area contributed by atoms with Gasteiger partial charge < -0.3 is 11.1 Å². The number of nitrogen functional groups attached to an aromatic ring is 1. The van der Waals surface area contributed by atoms with Gasteiger partial charge in [0.05, 0.1) is 6.20 Å². The lowest BCUT2D eigenvalue weighted by Gasteiger charge is -2.22. The topological polar surface area (TPSA) is 83.8 Å². The predicted octanol–water partition coefficient (Wildman–Crippen LogP) is 1.05. The minimum atomic E-state index is -0.117. The van der Waals surface area contributed by atoms with Gasteiger partial charge in [-0.1, -0.05) is 19.3 Å². The molecule has 1 heterocycles. The summed E-state index contributed by atoms with van der Waals surface area (Å²) in [6.45, 7) is 0. The van der Waals surface area contributed by atoms with Crippen LogP contribution < -0.4 is 11.1 Å². The second-order valence-electron chi connectivity index (χ2n) is 4.01. The van der Waals surface area contributed by atoms with Gasteiger partial charge in [-0.25, -0.2) is 0 Å². The molecule has 1 saturated carbocycles. The highest BCUT2D eigenvalue weighted by atomic mass is 16.1. The van der Waals surface area contributed by atoms with Crippen molar-refractivity contribution < 1.29 is 4.79 Å². The SMILES string of the molecule is Nc1[nH]ncc1C(=O)NC1CCCCC1. The summed E-state index contributed by atoms with van der Waals surface area (Å²) in [6.07, 6.45) is 7.29. The average Bonchev–Trinajstić information content (AvgIpc) is 2.66. The Labute approximate surface area is 88.4 Å². The fourth-order valence-electron chi connectivity index (χ4n) is 1.99. The van der Waals surface area contributed by atoms with Crippen molar-refractivity contribution in [2.75, 3.05) is 5.73 Å². The Bertz CT molecular complexity index is 341. The quantitative estimate of drug-likeness (QED) is 0.679. The maximum Gasteiger partial charge on any atom is 0.256 e. The molecule has 0 aliphatic heterocycles. The van der Waals surface area contributed by atoms with E-state index in [1.54, 1.807) is 0 Å². The second-order valence-corrected chi connectivity index (χ2v) is 4.01. The summed E-state index contributed by atoms with van der Waals surface area (Å²) in [5.74, 6) is 0.219. The molecule has 1 aromatic heterocycles. The van der Waals surface area contributed by atoms with E-state index < -0.39 is 0 Å². The fourth-order valence-corrected chi connectivity index (χ4v) is 1.99. The van der Waals surface area contributed by atoms with Gasteiger partial charge in [0.1, 0.15) is 11.4 Å². The van der Waals surface area contributed by atoms with Gasteiger partial charge in [0, 0.05) is 6.04 Å². The van der Waals surface area contributed by atoms with Crippen molar-refractivity contribution in [3.63, 3.8) is 0 Å². The van der Waals surface area contributed by atoms with E-state index in [1.807, 2.05) is 0 Å². The summed E-state index contributed by atoms with van der Waals surface area (Å²) in [4.78, 5) is 11.7. The fraction of sp³-hybridized carbons (Fsp3) is 0.600. The van der Waals surface area contributed by atoms with Crippen LogP contribution in [0.25, 0.3) is 0 Å². The lowest BCUT2D eigenvalue weighted by Crippen LogP contribution is -2.36. The van der Waals surface area contributed by atoms with Gasteiger partial charge in [0.2, 0.25) is 0 Å². The van der Waals surface area contributed by atoms with Gasteiger partial charge >= 0.3 is 0 Å². The molecule has 0 radical (unpaired) electrons. The molecule has 2 rings (SSSR count). The minimum Gasteiger partial charge on any atom is -0.383 e. The number of H-pyrrole nitrogens is 1. The molecule has 15 heavy (non-hydrogen) atoms. The molecule has 0 spiro atoms. The van der Waals surface area contributed by atoms with E-state index in [9.17, 15) is 4.79 Å². The zero-order valence-electron chi connectivity index (χ0n) is 8.62.